The van der Waals surface area contributed by atoms with Crippen molar-refractivity contribution >= 4 is 11.6 Å². The van der Waals surface area contributed by atoms with Gasteiger partial charge >= 0.3 is 0 Å². The topological polar surface area (TPSA) is 21.3 Å². The van der Waals surface area contributed by atoms with Gasteiger partial charge in [-0.25, -0.2) is 0 Å². The molecule has 0 heterocycles. The van der Waals surface area contributed by atoms with Crippen molar-refractivity contribution in [3.8, 4) is 5.75 Å². The highest BCUT2D eigenvalue weighted by molar-refractivity contribution is 6.32. The van der Waals surface area contributed by atoms with Gasteiger partial charge in [-0.1, -0.05) is 30.7 Å². The second-order valence-corrected chi connectivity index (χ2v) is 4.27. The molecule has 84 valence electrons. The third-order valence-electron chi connectivity index (χ3n) is 2.49. The first-order valence-corrected chi connectivity index (χ1v) is 5.57. The lowest BCUT2D eigenvalue weighted by atomic mass is 10.0. The number of para-hydroxylation sites is 1. The van der Waals surface area contributed by atoms with Gasteiger partial charge in [-0.3, -0.25) is 0 Å². The predicted octanol–water partition coefficient (Wildman–Crippen LogP) is 3.11. The van der Waals surface area contributed by atoms with Gasteiger partial charge in [0, 0.05) is 6.54 Å². The number of hydrogen-bond donors (Lipinski definition) is 1. The van der Waals surface area contributed by atoms with E-state index in [4.69, 9.17) is 16.3 Å². The van der Waals surface area contributed by atoms with E-state index in [1.807, 2.05) is 31.3 Å². The van der Waals surface area contributed by atoms with Crippen molar-refractivity contribution in [3.05, 3.63) is 29.3 Å². The van der Waals surface area contributed by atoms with Crippen LogP contribution in [0.3, 0.4) is 0 Å². The van der Waals surface area contributed by atoms with Crippen molar-refractivity contribution in [3.63, 3.8) is 0 Å². The number of nitrogens with one attached hydrogen (secondary N) is 1. The molecule has 2 nitrogen and oxygen atoms in total. The summed E-state index contributed by atoms with van der Waals surface area (Å²) in [6.07, 6.45) is 0.930. The zero-order valence-electron chi connectivity index (χ0n) is 9.51. The maximum absolute atomic E-state index is 6.04. The summed E-state index contributed by atoms with van der Waals surface area (Å²) in [4.78, 5) is 0. The highest BCUT2D eigenvalue weighted by atomic mass is 35.5. The Morgan fingerprint density at radius 1 is 1.40 bits per heavy atom. The lowest BCUT2D eigenvalue weighted by Gasteiger charge is -2.29. The Balaban J connectivity index is 2.79. The molecule has 0 fully saturated rings. The quantitative estimate of drug-likeness (QED) is 0.835. The molecule has 0 bridgehead atoms. The first-order valence-electron chi connectivity index (χ1n) is 5.19. The van der Waals surface area contributed by atoms with E-state index in [2.05, 4.69) is 19.2 Å². The van der Waals surface area contributed by atoms with E-state index in [9.17, 15) is 0 Å². The predicted molar refractivity (Wildman–Crippen MR) is 64.7 cm³/mol. The monoisotopic (exact) mass is 227 g/mol. The molecule has 3 heteroatoms. The Morgan fingerprint density at radius 2 is 2.07 bits per heavy atom. The second kappa shape index (κ2) is 5.38. The Kier molecular flexibility index (Phi) is 4.43. The molecule has 1 aromatic carbocycles. The summed E-state index contributed by atoms with van der Waals surface area (Å²) in [6, 6.07) is 7.56. The van der Waals surface area contributed by atoms with Crippen LogP contribution < -0.4 is 10.1 Å². The summed E-state index contributed by atoms with van der Waals surface area (Å²) in [5, 5.41) is 3.79. The summed E-state index contributed by atoms with van der Waals surface area (Å²) in [7, 11) is 1.92. The zero-order chi connectivity index (χ0) is 11.3. The summed E-state index contributed by atoms with van der Waals surface area (Å²) in [6.45, 7) is 4.98. The van der Waals surface area contributed by atoms with Gasteiger partial charge in [-0.2, -0.15) is 0 Å². The smallest absolute Gasteiger partial charge is 0.138 e. The molecule has 0 saturated carbocycles. The fraction of sp³-hybridized carbons (Fsp3) is 0.500. The zero-order valence-corrected chi connectivity index (χ0v) is 10.3. The van der Waals surface area contributed by atoms with Crippen LogP contribution in [0.4, 0.5) is 0 Å². The van der Waals surface area contributed by atoms with Gasteiger partial charge in [0.1, 0.15) is 11.4 Å². The normalized spacial score (nSPS) is 14.7. The van der Waals surface area contributed by atoms with Gasteiger partial charge in [0.15, 0.2) is 0 Å². The van der Waals surface area contributed by atoms with Gasteiger partial charge in [0.05, 0.1) is 5.02 Å². The maximum atomic E-state index is 6.04. The van der Waals surface area contributed by atoms with Crippen LogP contribution in [0.15, 0.2) is 24.3 Å². The molecule has 0 saturated heterocycles. The minimum atomic E-state index is -0.209. The molecule has 0 aromatic heterocycles. The standard InChI is InChI=1S/C12H18ClNO/c1-4-12(2,9-14-3)15-11-8-6-5-7-10(11)13/h5-8,14H,4,9H2,1-3H3. The van der Waals surface area contributed by atoms with Crippen molar-refractivity contribution in [2.75, 3.05) is 13.6 Å². The van der Waals surface area contributed by atoms with Crippen molar-refractivity contribution < 1.29 is 4.74 Å². The number of hydrogen-bond acceptors (Lipinski definition) is 2. The number of ether oxygens (including phenoxy) is 1. The van der Waals surface area contributed by atoms with Crippen LogP contribution in [0.2, 0.25) is 5.02 Å². The van der Waals surface area contributed by atoms with Crippen molar-refractivity contribution in [2.45, 2.75) is 25.9 Å². The first kappa shape index (κ1) is 12.3. The molecule has 0 aliphatic carbocycles. The highest BCUT2D eigenvalue weighted by Gasteiger charge is 2.23. The van der Waals surface area contributed by atoms with Gasteiger partial charge in [-0.15, -0.1) is 0 Å². The van der Waals surface area contributed by atoms with Crippen LogP contribution in [0, 0.1) is 0 Å². The lowest BCUT2D eigenvalue weighted by molar-refractivity contribution is 0.0859. The van der Waals surface area contributed by atoms with E-state index in [1.54, 1.807) is 0 Å². The van der Waals surface area contributed by atoms with Gasteiger partial charge < -0.3 is 10.1 Å². The molecule has 0 aliphatic rings. The van der Waals surface area contributed by atoms with Crippen molar-refractivity contribution in [2.24, 2.45) is 0 Å². The minimum absolute atomic E-state index is 0.209. The van der Waals surface area contributed by atoms with E-state index in [1.165, 1.54) is 0 Å². The molecule has 0 amide bonds. The van der Waals surface area contributed by atoms with Crippen LogP contribution in [0.25, 0.3) is 0 Å². The molecule has 15 heavy (non-hydrogen) atoms. The van der Waals surface area contributed by atoms with Crippen molar-refractivity contribution in [1.29, 1.82) is 0 Å². The van der Waals surface area contributed by atoms with Crippen LogP contribution >= 0.6 is 11.6 Å². The number of benzene rings is 1. The SMILES string of the molecule is CCC(C)(CNC)Oc1ccccc1Cl. The fourth-order valence-corrected chi connectivity index (χ4v) is 1.57. The number of halogens is 1. The Morgan fingerprint density at radius 3 is 2.60 bits per heavy atom. The van der Waals surface area contributed by atoms with Crippen LogP contribution in [-0.2, 0) is 0 Å². The van der Waals surface area contributed by atoms with Crippen LogP contribution in [-0.4, -0.2) is 19.2 Å². The van der Waals surface area contributed by atoms with Crippen LogP contribution in [0.1, 0.15) is 20.3 Å². The Bertz CT molecular complexity index is 316. The van der Waals surface area contributed by atoms with E-state index >= 15 is 0 Å². The molecular weight excluding hydrogens is 210 g/mol. The molecule has 1 atom stereocenters. The molecule has 1 unspecified atom stereocenters. The lowest BCUT2D eigenvalue weighted by Crippen LogP contribution is -2.41. The Labute approximate surface area is 96.6 Å². The van der Waals surface area contributed by atoms with Crippen LogP contribution in [0.5, 0.6) is 5.75 Å². The van der Waals surface area contributed by atoms with E-state index in [-0.39, 0.29) is 5.60 Å². The molecular formula is C12H18ClNO. The molecule has 0 radical (unpaired) electrons. The summed E-state index contributed by atoms with van der Waals surface area (Å²) >= 11 is 6.04. The number of rotatable bonds is 5. The third-order valence-corrected chi connectivity index (χ3v) is 2.80. The minimum Gasteiger partial charge on any atom is -0.485 e. The third kappa shape index (κ3) is 3.40. The first-order chi connectivity index (χ1) is 7.11. The van der Waals surface area contributed by atoms with E-state index in [0.29, 0.717) is 5.02 Å². The maximum Gasteiger partial charge on any atom is 0.138 e. The molecule has 1 aromatic rings. The summed E-state index contributed by atoms with van der Waals surface area (Å²) < 4.78 is 5.93. The largest absolute Gasteiger partial charge is 0.485 e. The van der Waals surface area contributed by atoms with Gasteiger partial charge in [-0.05, 0) is 32.5 Å². The highest BCUT2D eigenvalue weighted by Crippen LogP contribution is 2.28. The van der Waals surface area contributed by atoms with E-state index in [0.717, 1.165) is 18.7 Å². The average molecular weight is 228 g/mol. The average Bonchev–Trinajstić information content (AvgIpc) is 2.22. The molecule has 0 spiro atoms. The second-order valence-electron chi connectivity index (χ2n) is 3.87. The van der Waals surface area contributed by atoms with E-state index < -0.39 is 0 Å². The van der Waals surface area contributed by atoms with Gasteiger partial charge in [0.2, 0.25) is 0 Å². The fourth-order valence-electron chi connectivity index (χ4n) is 1.40. The molecule has 1 N–H and O–H groups in total. The molecule has 0 aliphatic heterocycles. The molecule has 1 rings (SSSR count). The summed E-state index contributed by atoms with van der Waals surface area (Å²) in [5.74, 6) is 0.749. The summed E-state index contributed by atoms with van der Waals surface area (Å²) in [5.41, 5.74) is -0.209. The van der Waals surface area contributed by atoms with Gasteiger partial charge in [0.25, 0.3) is 0 Å². The Hall–Kier alpha value is -0.730. The number of likely N-dealkylation sites (N-methyl/N-ethyl adjacent to an activating group) is 1. The van der Waals surface area contributed by atoms with Crippen molar-refractivity contribution in [1.82, 2.24) is 5.32 Å².